The number of nitrogens with zero attached hydrogens (tertiary/aromatic N) is 5. The predicted molar refractivity (Wildman–Crippen MR) is 119 cm³/mol. The number of aromatic nitrogens is 5. The molecule has 1 unspecified atom stereocenters. The van der Waals surface area contributed by atoms with E-state index in [-0.39, 0.29) is 18.6 Å². The van der Waals surface area contributed by atoms with Crippen LogP contribution in [0, 0.1) is 0 Å². The summed E-state index contributed by atoms with van der Waals surface area (Å²) >= 11 is 1.36. The van der Waals surface area contributed by atoms with Gasteiger partial charge >= 0.3 is 0 Å². The third-order valence-electron chi connectivity index (χ3n) is 5.45. The third kappa shape index (κ3) is 3.22. The van der Waals surface area contributed by atoms with Crippen molar-refractivity contribution in [1.29, 1.82) is 0 Å². The second kappa shape index (κ2) is 7.36. The van der Waals surface area contributed by atoms with Crippen LogP contribution in [0.4, 0.5) is 5.13 Å². The van der Waals surface area contributed by atoms with Gasteiger partial charge in [-0.1, -0.05) is 41.7 Å². The number of amides is 1. The van der Waals surface area contributed by atoms with Crippen LogP contribution in [-0.4, -0.2) is 37.2 Å². The number of nitrogens with one attached hydrogen (secondary N) is 1. The lowest BCUT2D eigenvalue weighted by Gasteiger charge is -2.07. The van der Waals surface area contributed by atoms with Crippen molar-refractivity contribution in [1.82, 2.24) is 24.7 Å². The standard InChI is InChI=1S/C22H18N6O2S/c29-18(25-22-27-26-21(31-22)17-10-5-11-30-17)12-28-16-9-4-1-6-13(16)19-20(28)24-15-8-3-2-7-14(15)23-19/h1-4,6-9,17H,5,10-12H2,(H,25,27,29). The van der Waals surface area contributed by atoms with Gasteiger partial charge in [0.25, 0.3) is 0 Å². The normalized spacial score (nSPS) is 16.5. The van der Waals surface area contributed by atoms with E-state index in [1.807, 2.05) is 53.1 Å². The fraction of sp³-hybridized carbons (Fsp3) is 0.227. The first kappa shape index (κ1) is 18.3. The average Bonchev–Trinajstić information content (AvgIpc) is 3.53. The van der Waals surface area contributed by atoms with Crippen molar-refractivity contribution in [3.63, 3.8) is 0 Å². The molecule has 6 rings (SSSR count). The summed E-state index contributed by atoms with van der Waals surface area (Å²) in [6.07, 6.45) is 1.95. The SMILES string of the molecule is O=C(Cn1c2ccccc2c2nc3ccccc3nc21)Nc1nnc(C2CCCO2)s1. The fourth-order valence-electron chi connectivity index (χ4n) is 4.03. The number of carbonyl (C=O) groups is 1. The topological polar surface area (TPSA) is 94.8 Å². The van der Waals surface area contributed by atoms with Crippen LogP contribution < -0.4 is 5.32 Å². The first-order valence-electron chi connectivity index (χ1n) is 10.1. The monoisotopic (exact) mass is 430 g/mol. The van der Waals surface area contributed by atoms with Crippen molar-refractivity contribution in [3.05, 3.63) is 53.5 Å². The number of fused-ring (bicyclic) bond motifs is 4. The molecule has 154 valence electrons. The van der Waals surface area contributed by atoms with Gasteiger partial charge in [0.05, 0.1) is 16.6 Å². The second-order valence-corrected chi connectivity index (χ2v) is 8.49. The van der Waals surface area contributed by atoms with E-state index in [4.69, 9.17) is 14.7 Å². The quantitative estimate of drug-likeness (QED) is 0.462. The molecule has 0 spiro atoms. The van der Waals surface area contributed by atoms with Gasteiger partial charge in [0, 0.05) is 12.0 Å². The molecule has 0 aliphatic carbocycles. The van der Waals surface area contributed by atoms with E-state index in [1.54, 1.807) is 0 Å². The Morgan fingerprint density at radius 1 is 1.10 bits per heavy atom. The van der Waals surface area contributed by atoms with Crippen molar-refractivity contribution < 1.29 is 9.53 Å². The molecule has 4 heterocycles. The Bertz CT molecular complexity index is 1440. The van der Waals surface area contributed by atoms with Crippen LogP contribution >= 0.6 is 11.3 Å². The zero-order valence-electron chi connectivity index (χ0n) is 16.5. The number of anilines is 1. The molecule has 2 aromatic carbocycles. The first-order chi connectivity index (χ1) is 15.3. The van der Waals surface area contributed by atoms with Crippen LogP contribution in [0.2, 0.25) is 0 Å². The van der Waals surface area contributed by atoms with Gasteiger partial charge in [0.15, 0.2) is 5.65 Å². The molecule has 9 heteroatoms. The van der Waals surface area contributed by atoms with Gasteiger partial charge in [0.2, 0.25) is 11.0 Å². The molecule has 1 aliphatic rings. The number of benzene rings is 2. The van der Waals surface area contributed by atoms with Crippen molar-refractivity contribution in [2.45, 2.75) is 25.5 Å². The molecular formula is C22H18N6O2S. The Labute approximate surface area is 180 Å². The van der Waals surface area contributed by atoms with Crippen molar-refractivity contribution in [3.8, 4) is 0 Å². The molecule has 1 fully saturated rings. The number of rotatable bonds is 4. The maximum atomic E-state index is 12.9. The Morgan fingerprint density at radius 2 is 1.90 bits per heavy atom. The minimum absolute atomic E-state index is 0.0101. The highest BCUT2D eigenvalue weighted by molar-refractivity contribution is 7.15. The zero-order valence-corrected chi connectivity index (χ0v) is 17.3. The molecule has 3 aromatic heterocycles. The van der Waals surface area contributed by atoms with Crippen LogP contribution in [0.15, 0.2) is 48.5 Å². The Kier molecular flexibility index (Phi) is 4.36. The molecule has 1 N–H and O–H groups in total. The summed E-state index contributed by atoms with van der Waals surface area (Å²) in [5, 5.41) is 13.4. The van der Waals surface area contributed by atoms with E-state index < -0.39 is 0 Å². The van der Waals surface area contributed by atoms with E-state index >= 15 is 0 Å². The number of carbonyl (C=O) groups excluding carboxylic acids is 1. The maximum Gasteiger partial charge on any atom is 0.246 e. The number of para-hydroxylation sites is 3. The van der Waals surface area contributed by atoms with Gasteiger partial charge in [-0.15, -0.1) is 10.2 Å². The lowest BCUT2D eigenvalue weighted by Crippen LogP contribution is -2.18. The molecule has 0 radical (unpaired) electrons. The van der Waals surface area contributed by atoms with Crippen LogP contribution in [0.3, 0.4) is 0 Å². The van der Waals surface area contributed by atoms with Gasteiger partial charge in [0.1, 0.15) is 23.2 Å². The summed E-state index contributed by atoms with van der Waals surface area (Å²) in [5.74, 6) is -0.187. The number of hydrogen-bond donors (Lipinski definition) is 1. The molecular weight excluding hydrogens is 412 g/mol. The third-order valence-corrected chi connectivity index (χ3v) is 6.38. The lowest BCUT2D eigenvalue weighted by molar-refractivity contribution is -0.116. The Hall–Kier alpha value is -3.43. The minimum Gasteiger partial charge on any atom is -0.371 e. The largest absolute Gasteiger partial charge is 0.371 e. The summed E-state index contributed by atoms with van der Waals surface area (Å²) in [7, 11) is 0. The van der Waals surface area contributed by atoms with Crippen molar-refractivity contribution >= 4 is 55.5 Å². The lowest BCUT2D eigenvalue weighted by atomic mass is 10.2. The first-order valence-corrected chi connectivity index (χ1v) is 11.0. The second-order valence-electron chi connectivity index (χ2n) is 7.48. The van der Waals surface area contributed by atoms with Crippen LogP contribution in [0.1, 0.15) is 24.0 Å². The highest BCUT2D eigenvalue weighted by atomic mass is 32.1. The molecule has 8 nitrogen and oxygen atoms in total. The van der Waals surface area contributed by atoms with E-state index in [0.29, 0.717) is 10.8 Å². The minimum atomic E-state index is -0.187. The predicted octanol–water partition coefficient (Wildman–Crippen LogP) is 4.08. The van der Waals surface area contributed by atoms with Gasteiger partial charge in [-0.25, -0.2) is 9.97 Å². The molecule has 1 atom stereocenters. The molecule has 5 aromatic rings. The van der Waals surface area contributed by atoms with Gasteiger partial charge in [-0.3, -0.25) is 10.1 Å². The molecule has 1 aliphatic heterocycles. The number of hydrogen-bond acceptors (Lipinski definition) is 7. The van der Waals surface area contributed by atoms with Gasteiger partial charge in [-0.05, 0) is 31.0 Å². The Balaban J connectivity index is 1.35. The van der Waals surface area contributed by atoms with Crippen molar-refractivity contribution in [2.24, 2.45) is 0 Å². The summed E-state index contributed by atoms with van der Waals surface area (Å²) in [6.45, 7) is 0.849. The molecule has 0 saturated carbocycles. The van der Waals surface area contributed by atoms with E-state index in [0.717, 1.165) is 51.9 Å². The summed E-state index contributed by atoms with van der Waals surface area (Å²) in [5.41, 5.74) is 4.02. The van der Waals surface area contributed by atoms with E-state index in [1.165, 1.54) is 11.3 Å². The van der Waals surface area contributed by atoms with Gasteiger partial charge < -0.3 is 9.30 Å². The Morgan fingerprint density at radius 3 is 2.74 bits per heavy atom. The van der Waals surface area contributed by atoms with E-state index in [9.17, 15) is 4.79 Å². The van der Waals surface area contributed by atoms with Crippen molar-refractivity contribution in [2.75, 3.05) is 11.9 Å². The average molecular weight is 430 g/mol. The molecule has 0 bridgehead atoms. The number of ether oxygens (including phenoxy) is 1. The zero-order chi connectivity index (χ0) is 20.8. The van der Waals surface area contributed by atoms with Gasteiger partial charge in [-0.2, -0.15) is 0 Å². The van der Waals surface area contributed by atoms with E-state index in [2.05, 4.69) is 15.5 Å². The summed E-state index contributed by atoms with van der Waals surface area (Å²) < 4.78 is 7.55. The molecule has 1 amide bonds. The summed E-state index contributed by atoms with van der Waals surface area (Å²) in [6, 6.07) is 15.7. The smallest absolute Gasteiger partial charge is 0.246 e. The van der Waals surface area contributed by atoms with Crippen LogP contribution in [0.25, 0.3) is 33.1 Å². The fourth-order valence-corrected chi connectivity index (χ4v) is 4.88. The molecule has 1 saturated heterocycles. The maximum absolute atomic E-state index is 12.9. The molecule has 31 heavy (non-hydrogen) atoms. The highest BCUT2D eigenvalue weighted by Crippen LogP contribution is 2.32. The van der Waals surface area contributed by atoms with Crippen LogP contribution in [0.5, 0.6) is 0 Å². The van der Waals surface area contributed by atoms with Crippen LogP contribution in [-0.2, 0) is 16.1 Å². The summed E-state index contributed by atoms with van der Waals surface area (Å²) in [4.78, 5) is 22.5. The highest BCUT2D eigenvalue weighted by Gasteiger charge is 2.23.